The summed E-state index contributed by atoms with van der Waals surface area (Å²) in [6.07, 6.45) is 17.7. The fourth-order valence-electron chi connectivity index (χ4n) is 3.76. The van der Waals surface area contributed by atoms with Crippen molar-refractivity contribution >= 4 is 0 Å². The fraction of sp³-hybridized carbons (Fsp3) is 0.818. The van der Waals surface area contributed by atoms with Crippen LogP contribution in [0, 0.1) is 40.9 Å². The minimum absolute atomic E-state index is 0.191. The zero-order valence-corrected chi connectivity index (χ0v) is 25.8. The van der Waals surface area contributed by atoms with Crippen molar-refractivity contribution in [2.75, 3.05) is 0 Å². The van der Waals surface area contributed by atoms with Gasteiger partial charge >= 0.3 is 0 Å². The van der Waals surface area contributed by atoms with Crippen molar-refractivity contribution in [3.63, 3.8) is 0 Å². The van der Waals surface area contributed by atoms with Gasteiger partial charge in [-0.2, -0.15) is 0 Å². The first-order valence-electron chi connectivity index (χ1n) is 14.5. The zero-order chi connectivity index (χ0) is 27.3. The molecule has 204 valence electrons. The second-order valence-electron chi connectivity index (χ2n) is 11.2. The number of rotatable bonds is 10. The van der Waals surface area contributed by atoms with E-state index in [1.807, 2.05) is 26.0 Å². The zero-order valence-electron chi connectivity index (χ0n) is 25.8. The Bertz CT molecular complexity index is 497. The summed E-state index contributed by atoms with van der Waals surface area (Å²) in [5, 5.41) is 9.51. The summed E-state index contributed by atoms with van der Waals surface area (Å²) in [4.78, 5) is 0. The number of aliphatic hydroxyl groups excluding tert-OH is 1. The lowest BCUT2D eigenvalue weighted by Gasteiger charge is -2.39. The van der Waals surface area contributed by atoms with Crippen LogP contribution in [-0.2, 0) is 0 Å². The summed E-state index contributed by atoms with van der Waals surface area (Å²) in [5.41, 5.74) is 0.424. The van der Waals surface area contributed by atoms with Crippen LogP contribution < -0.4 is 0 Å². The lowest BCUT2D eigenvalue weighted by Crippen LogP contribution is -2.31. The molecule has 0 aliphatic heterocycles. The Balaban J connectivity index is -0.000000453. The average molecular weight is 479 g/mol. The highest BCUT2D eigenvalue weighted by Crippen LogP contribution is 2.42. The number of hydrogen-bond acceptors (Lipinski definition) is 1. The highest BCUT2D eigenvalue weighted by molar-refractivity contribution is 5.02. The number of hydrogen-bond donors (Lipinski definition) is 1. The van der Waals surface area contributed by atoms with E-state index in [4.69, 9.17) is 0 Å². The van der Waals surface area contributed by atoms with Gasteiger partial charge in [-0.25, -0.2) is 0 Å². The van der Waals surface area contributed by atoms with Crippen molar-refractivity contribution in [2.45, 2.75) is 135 Å². The maximum atomic E-state index is 9.51. The van der Waals surface area contributed by atoms with Gasteiger partial charge in [0.15, 0.2) is 0 Å². The van der Waals surface area contributed by atoms with Crippen LogP contribution in [0.25, 0.3) is 0 Å². The maximum absolute atomic E-state index is 9.51. The van der Waals surface area contributed by atoms with Gasteiger partial charge in [-0.05, 0) is 66.6 Å². The molecular formula is C33H66O. The van der Waals surface area contributed by atoms with Gasteiger partial charge < -0.3 is 5.11 Å². The average Bonchev–Trinajstić information content (AvgIpc) is 2.82. The van der Waals surface area contributed by atoms with E-state index in [0.29, 0.717) is 17.3 Å². The summed E-state index contributed by atoms with van der Waals surface area (Å²) < 4.78 is 0. The Morgan fingerprint density at radius 2 is 1.44 bits per heavy atom. The molecule has 1 rings (SSSR count). The van der Waals surface area contributed by atoms with E-state index in [2.05, 4.69) is 101 Å². The lowest BCUT2D eigenvalue weighted by atomic mass is 9.66. The molecule has 0 radical (unpaired) electrons. The van der Waals surface area contributed by atoms with Crippen LogP contribution in [0.1, 0.15) is 129 Å². The van der Waals surface area contributed by atoms with Crippen molar-refractivity contribution in [3.8, 4) is 0 Å². The molecule has 34 heavy (non-hydrogen) atoms. The molecule has 1 aliphatic carbocycles. The normalized spacial score (nSPS) is 20.4. The lowest BCUT2D eigenvalue weighted by molar-refractivity contribution is 0.115. The van der Waals surface area contributed by atoms with Crippen LogP contribution in [0.4, 0.5) is 0 Å². The summed E-state index contributed by atoms with van der Waals surface area (Å²) in [6.45, 7) is 32.6. The molecular weight excluding hydrogens is 412 g/mol. The molecule has 5 unspecified atom stereocenters. The maximum Gasteiger partial charge on any atom is 0.0721 e. The van der Waals surface area contributed by atoms with Crippen LogP contribution in [0.2, 0.25) is 0 Å². The van der Waals surface area contributed by atoms with E-state index in [1.165, 1.54) is 19.3 Å². The largest absolute Gasteiger partial charge is 0.389 e. The SMILES string of the molecule is C=CC(C)C(C)C.CC.CC/C=C\C(C)C(C)C.CCCC(C1C=CC(O)CC1)C(C)(C)CC. The van der Waals surface area contributed by atoms with Crippen LogP contribution in [0.5, 0.6) is 0 Å². The standard InChI is InChI=1S/C15H28O.C9H18.C7H14.C2H6/c1-5-7-14(15(3,4)6-2)12-8-10-13(16)11-9-12;1-5-6-7-9(4)8(2)3;1-5-7(4)6(2)3;1-2/h8,10,12-14,16H,5-7,9,11H2,1-4H3;6-9H,5H2,1-4H3;5-7H,1H2,2-4H3;1-2H3/b;7-6-;;. The second kappa shape index (κ2) is 22.6. The monoisotopic (exact) mass is 479 g/mol. The Kier molecular flexibility index (Phi) is 25.1. The summed E-state index contributed by atoms with van der Waals surface area (Å²) in [5.74, 6) is 4.39. The third kappa shape index (κ3) is 18.5. The molecule has 0 bridgehead atoms. The van der Waals surface area contributed by atoms with E-state index >= 15 is 0 Å². The van der Waals surface area contributed by atoms with Crippen molar-refractivity contribution < 1.29 is 5.11 Å². The molecule has 0 aromatic heterocycles. The molecule has 0 spiro atoms. The Labute approximate surface area is 217 Å². The molecule has 0 aromatic carbocycles. The van der Waals surface area contributed by atoms with E-state index < -0.39 is 0 Å². The minimum Gasteiger partial charge on any atom is -0.389 e. The molecule has 1 nitrogen and oxygen atoms in total. The van der Waals surface area contributed by atoms with Crippen molar-refractivity contribution in [2.24, 2.45) is 40.9 Å². The summed E-state index contributed by atoms with van der Waals surface area (Å²) in [7, 11) is 0. The van der Waals surface area contributed by atoms with Gasteiger partial charge in [0.25, 0.3) is 0 Å². The predicted octanol–water partition coefficient (Wildman–Crippen LogP) is 10.9. The molecule has 1 aliphatic rings. The van der Waals surface area contributed by atoms with Crippen molar-refractivity contribution in [1.82, 2.24) is 0 Å². The van der Waals surface area contributed by atoms with Crippen LogP contribution in [0.3, 0.4) is 0 Å². The Morgan fingerprint density at radius 3 is 1.74 bits per heavy atom. The van der Waals surface area contributed by atoms with Crippen LogP contribution in [-0.4, -0.2) is 11.2 Å². The van der Waals surface area contributed by atoms with Crippen LogP contribution in [0.15, 0.2) is 37.0 Å². The molecule has 1 N–H and O–H groups in total. The molecule has 0 heterocycles. The van der Waals surface area contributed by atoms with E-state index in [0.717, 1.165) is 42.9 Å². The van der Waals surface area contributed by atoms with Crippen molar-refractivity contribution in [3.05, 3.63) is 37.0 Å². The first kappa shape index (κ1) is 37.7. The molecule has 0 saturated carbocycles. The topological polar surface area (TPSA) is 20.2 Å². The first-order valence-corrected chi connectivity index (χ1v) is 14.5. The van der Waals surface area contributed by atoms with Gasteiger partial charge in [0.1, 0.15) is 0 Å². The second-order valence-corrected chi connectivity index (χ2v) is 11.2. The quantitative estimate of drug-likeness (QED) is 0.309. The Morgan fingerprint density at radius 1 is 0.912 bits per heavy atom. The predicted molar refractivity (Wildman–Crippen MR) is 159 cm³/mol. The number of aliphatic hydroxyl groups is 1. The molecule has 1 heteroatoms. The Hall–Kier alpha value is -0.820. The third-order valence-corrected chi connectivity index (χ3v) is 7.56. The smallest absolute Gasteiger partial charge is 0.0721 e. The van der Waals surface area contributed by atoms with Gasteiger partial charge in [0, 0.05) is 0 Å². The molecule has 0 aromatic rings. The highest BCUT2D eigenvalue weighted by Gasteiger charge is 2.33. The molecule has 0 amide bonds. The molecule has 0 saturated heterocycles. The molecule has 0 fully saturated rings. The minimum atomic E-state index is -0.191. The van der Waals surface area contributed by atoms with E-state index in [1.54, 1.807) is 0 Å². The van der Waals surface area contributed by atoms with Gasteiger partial charge in [-0.3, -0.25) is 0 Å². The van der Waals surface area contributed by atoms with E-state index in [9.17, 15) is 5.11 Å². The van der Waals surface area contributed by atoms with E-state index in [-0.39, 0.29) is 6.10 Å². The number of allylic oxidation sites excluding steroid dienone is 4. The summed E-state index contributed by atoms with van der Waals surface area (Å²) in [6, 6.07) is 0. The van der Waals surface area contributed by atoms with Gasteiger partial charge in [-0.15, -0.1) is 6.58 Å². The molecule has 5 atom stereocenters. The summed E-state index contributed by atoms with van der Waals surface area (Å²) >= 11 is 0. The van der Waals surface area contributed by atoms with Crippen molar-refractivity contribution in [1.29, 1.82) is 0 Å². The van der Waals surface area contributed by atoms with Gasteiger partial charge in [0.05, 0.1) is 6.10 Å². The highest BCUT2D eigenvalue weighted by atomic mass is 16.3. The van der Waals surface area contributed by atoms with Crippen LogP contribution >= 0.6 is 0 Å². The van der Waals surface area contributed by atoms with Gasteiger partial charge in [0.2, 0.25) is 0 Å². The first-order chi connectivity index (χ1) is 15.9. The van der Waals surface area contributed by atoms with Gasteiger partial charge in [-0.1, -0.05) is 133 Å². The fourth-order valence-corrected chi connectivity index (χ4v) is 3.76. The third-order valence-electron chi connectivity index (χ3n) is 7.56.